The Balaban J connectivity index is 1.54. The maximum atomic E-state index is 15.4. The molecule has 1 aromatic carbocycles. The van der Waals surface area contributed by atoms with Crippen molar-refractivity contribution in [1.29, 1.82) is 0 Å². The van der Waals surface area contributed by atoms with Crippen LogP contribution in [0.4, 0.5) is 24.7 Å². The lowest BCUT2D eigenvalue weighted by Crippen LogP contribution is -2.46. The van der Waals surface area contributed by atoms with E-state index in [1.807, 2.05) is 0 Å². The Morgan fingerprint density at radius 1 is 1.16 bits per heavy atom. The fourth-order valence-corrected chi connectivity index (χ4v) is 5.23. The summed E-state index contributed by atoms with van der Waals surface area (Å²) in [5, 5.41) is 32.8. The fourth-order valence-electron chi connectivity index (χ4n) is 5.23. The van der Waals surface area contributed by atoms with E-state index in [4.69, 9.17) is 4.74 Å². The molecule has 37 heavy (non-hydrogen) atoms. The average molecular weight is 518 g/mol. The summed E-state index contributed by atoms with van der Waals surface area (Å²) in [6, 6.07) is 4.97. The molecule has 2 aromatic heterocycles. The summed E-state index contributed by atoms with van der Waals surface area (Å²) >= 11 is 0. The Hall–Kier alpha value is -3.18. The van der Waals surface area contributed by atoms with Crippen LogP contribution < -0.4 is 10.2 Å². The predicted octanol–water partition coefficient (Wildman–Crippen LogP) is 4.58. The topological polar surface area (TPSA) is 104 Å². The molecule has 0 aliphatic carbocycles. The standard InChI is InChI=1S/C26H30F3N5O3/c1-13(17-6-5-7-19(21(17)27)26(28,29)25(3,4)36)30-23-18-10-20(24(35)31-22(18)14(2)32-33-23)34-15-8-9-16(34)12-37-11-15/h5-7,10,13,15-16,36H,8-9,11-12H2,1-4H3,(H,30,33)(H,31,35)/t13-,15?,16?/m1/s1. The van der Waals surface area contributed by atoms with E-state index in [2.05, 4.69) is 25.4 Å². The van der Waals surface area contributed by atoms with Crippen molar-refractivity contribution in [3.05, 3.63) is 46.9 Å². The van der Waals surface area contributed by atoms with Gasteiger partial charge in [0.15, 0.2) is 5.82 Å². The fraction of sp³-hybridized carbons (Fsp3) is 0.500. The summed E-state index contributed by atoms with van der Waals surface area (Å²) in [5.41, 5.74) is -1.88. The highest BCUT2D eigenvalue weighted by molar-refractivity contribution is 5.93. The van der Waals surface area contributed by atoms with Crippen molar-refractivity contribution in [1.82, 2.24) is 15.2 Å². The smallest absolute Gasteiger partial charge is 0.303 e. The quantitative estimate of drug-likeness (QED) is 0.437. The number of benzene rings is 1. The van der Waals surface area contributed by atoms with Crippen LogP contribution in [0.25, 0.3) is 10.9 Å². The second-order valence-corrected chi connectivity index (χ2v) is 10.4. The molecule has 2 bridgehead atoms. The van der Waals surface area contributed by atoms with Gasteiger partial charge in [-0.05, 0) is 52.7 Å². The molecule has 3 atom stereocenters. The second kappa shape index (κ2) is 8.98. The number of anilines is 2. The number of halogens is 3. The first-order valence-electron chi connectivity index (χ1n) is 12.3. The molecule has 198 valence electrons. The molecule has 0 radical (unpaired) electrons. The number of nitrogens with zero attached hydrogens (tertiary/aromatic N) is 4. The van der Waals surface area contributed by atoms with Crippen molar-refractivity contribution in [2.24, 2.45) is 0 Å². The highest BCUT2D eigenvalue weighted by Crippen LogP contribution is 2.43. The molecule has 0 spiro atoms. The SMILES string of the molecule is Cc1nnc(N[C@H](C)c2cccc(C(F)(F)C(C)(C)O)c2F)c2cc(N3C4CCC3COC4)c(O)nc12. The zero-order valence-corrected chi connectivity index (χ0v) is 21.1. The molecule has 2 aliphatic heterocycles. The summed E-state index contributed by atoms with van der Waals surface area (Å²) in [5.74, 6) is -4.76. The monoisotopic (exact) mass is 517 g/mol. The Morgan fingerprint density at radius 2 is 1.84 bits per heavy atom. The van der Waals surface area contributed by atoms with Gasteiger partial charge in [-0.15, -0.1) is 5.10 Å². The molecular weight excluding hydrogens is 487 g/mol. The zero-order chi connectivity index (χ0) is 26.7. The molecule has 11 heteroatoms. The number of hydrogen-bond acceptors (Lipinski definition) is 8. The lowest BCUT2D eigenvalue weighted by atomic mass is 9.91. The van der Waals surface area contributed by atoms with Crippen LogP contribution in [0.3, 0.4) is 0 Å². The van der Waals surface area contributed by atoms with Crippen molar-refractivity contribution in [2.45, 2.75) is 70.2 Å². The van der Waals surface area contributed by atoms with E-state index in [-0.39, 0.29) is 29.3 Å². The van der Waals surface area contributed by atoms with E-state index in [9.17, 15) is 19.0 Å². The first-order valence-corrected chi connectivity index (χ1v) is 12.3. The molecule has 2 saturated heterocycles. The van der Waals surface area contributed by atoms with E-state index in [1.54, 1.807) is 19.9 Å². The number of aliphatic hydroxyl groups is 1. The predicted molar refractivity (Wildman–Crippen MR) is 132 cm³/mol. The van der Waals surface area contributed by atoms with E-state index in [1.165, 1.54) is 12.1 Å². The first kappa shape index (κ1) is 25.5. The van der Waals surface area contributed by atoms with Crippen LogP contribution in [0.15, 0.2) is 24.3 Å². The molecule has 8 nitrogen and oxygen atoms in total. The van der Waals surface area contributed by atoms with Gasteiger partial charge >= 0.3 is 5.92 Å². The van der Waals surface area contributed by atoms with Gasteiger partial charge in [0.05, 0.1) is 42.6 Å². The Morgan fingerprint density at radius 3 is 2.49 bits per heavy atom. The molecule has 0 amide bonds. The van der Waals surface area contributed by atoms with Gasteiger partial charge in [0.2, 0.25) is 5.88 Å². The minimum atomic E-state index is -3.81. The molecule has 4 heterocycles. The van der Waals surface area contributed by atoms with Crippen LogP contribution in [0.1, 0.15) is 56.5 Å². The number of pyridine rings is 1. The van der Waals surface area contributed by atoms with E-state index >= 15 is 4.39 Å². The summed E-state index contributed by atoms with van der Waals surface area (Å²) in [7, 11) is 0. The summed E-state index contributed by atoms with van der Waals surface area (Å²) < 4.78 is 50.6. The van der Waals surface area contributed by atoms with Gasteiger partial charge in [0.25, 0.3) is 0 Å². The van der Waals surface area contributed by atoms with Gasteiger partial charge < -0.3 is 25.2 Å². The van der Waals surface area contributed by atoms with Crippen LogP contribution >= 0.6 is 0 Å². The molecular formula is C26H30F3N5O3. The van der Waals surface area contributed by atoms with E-state index in [0.29, 0.717) is 35.5 Å². The third-order valence-electron chi connectivity index (χ3n) is 7.35. The van der Waals surface area contributed by atoms with Crippen molar-refractivity contribution < 1.29 is 28.1 Å². The number of aromatic hydroxyl groups is 1. The van der Waals surface area contributed by atoms with Gasteiger partial charge in [0, 0.05) is 10.9 Å². The first-order chi connectivity index (χ1) is 17.4. The molecule has 0 saturated carbocycles. The number of hydrogen-bond donors (Lipinski definition) is 3. The summed E-state index contributed by atoms with van der Waals surface area (Å²) in [4.78, 5) is 6.54. The number of alkyl halides is 2. The van der Waals surface area contributed by atoms with Gasteiger partial charge in [-0.25, -0.2) is 9.37 Å². The lowest BCUT2D eigenvalue weighted by molar-refractivity contribution is -0.170. The van der Waals surface area contributed by atoms with Crippen LogP contribution in [0, 0.1) is 12.7 Å². The van der Waals surface area contributed by atoms with Crippen molar-refractivity contribution >= 4 is 22.4 Å². The highest BCUT2D eigenvalue weighted by Gasteiger charge is 2.49. The molecule has 2 unspecified atom stereocenters. The molecule has 5 rings (SSSR count). The highest BCUT2D eigenvalue weighted by atomic mass is 19.3. The number of ether oxygens (including phenoxy) is 1. The lowest BCUT2D eigenvalue weighted by Gasteiger charge is -2.36. The number of aromatic nitrogens is 3. The maximum Gasteiger partial charge on any atom is 0.303 e. The van der Waals surface area contributed by atoms with Crippen LogP contribution in [0.2, 0.25) is 0 Å². The second-order valence-electron chi connectivity index (χ2n) is 10.4. The largest absolute Gasteiger partial charge is 0.492 e. The normalized spacial score (nSPS) is 20.9. The van der Waals surface area contributed by atoms with Crippen molar-refractivity contribution in [3.63, 3.8) is 0 Å². The minimum Gasteiger partial charge on any atom is -0.492 e. The Kier molecular flexibility index (Phi) is 6.18. The summed E-state index contributed by atoms with van der Waals surface area (Å²) in [6.45, 7) is 6.35. The van der Waals surface area contributed by atoms with Crippen LogP contribution in [-0.4, -0.2) is 56.3 Å². The zero-order valence-electron chi connectivity index (χ0n) is 21.1. The summed E-state index contributed by atoms with van der Waals surface area (Å²) in [6.07, 6.45) is 1.89. The van der Waals surface area contributed by atoms with Crippen LogP contribution in [0.5, 0.6) is 5.88 Å². The Bertz CT molecular complexity index is 1330. The van der Waals surface area contributed by atoms with Gasteiger partial charge in [-0.2, -0.15) is 13.9 Å². The van der Waals surface area contributed by atoms with Crippen LogP contribution in [-0.2, 0) is 10.7 Å². The Labute approximate surface area is 212 Å². The van der Waals surface area contributed by atoms with Gasteiger partial charge in [-0.3, -0.25) is 0 Å². The number of morpholine rings is 1. The van der Waals surface area contributed by atoms with Crippen molar-refractivity contribution in [2.75, 3.05) is 23.4 Å². The molecule has 3 aromatic rings. The molecule has 3 N–H and O–H groups in total. The van der Waals surface area contributed by atoms with Gasteiger partial charge in [0.1, 0.15) is 22.6 Å². The minimum absolute atomic E-state index is 0.0184. The third-order valence-corrected chi connectivity index (χ3v) is 7.35. The molecule has 2 fully saturated rings. The third kappa shape index (κ3) is 4.23. The number of nitrogens with one attached hydrogen (secondary N) is 1. The maximum absolute atomic E-state index is 15.4. The van der Waals surface area contributed by atoms with Gasteiger partial charge in [-0.1, -0.05) is 12.1 Å². The number of rotatable bonds is 6. The number of aryl methyl sites for hydroxylation is 1. The molecule has 2 aliphatic rings. The van der Waals surface area contributed by atoms with E-state index < -0.39 is 28.9 Å². The van der Waals surface area contributed by atoms with E-state index in [0.717, 1.165) is 32.8 Å². The number of fused-ring (bicyclic) bond motifs is 3. The average Bonchev–Trinajstić information content (AvgIpc) is 3.07. The van der Waals surface area contributed by atoms with Crippen molar-refractivity contribution in [3.8, 4) is 5.88 Å².